The monoisotopic (exact) mass is 900 g/mol. The lowest BCUT2D eigenvalue weighted by Crippen LogP contribution is -2.50. The van der Waals surface area contributed by atoms with Crippen molar-refractivity contribution in [1.82, 2.24) is 5.32 Å². The highest BCUT2D eigenvalue weighted by atomic mass is 16.3. The average molecular weight is 901 g/mol. The molecule has 3 unspecified atom stereocenters. The second-order valence-electron chi connectivity index (χ2n) is 19.8. The molecule has 0 saturated heterocycles. The quantitative estimate of drug-likeness (QED) is 0.0362. The molecule has 1 amide bonds. The van der Waals surface area contributed by atoms with Crippen molar-refractivity contribution in [3.8, 4) is 0 Å². The standard InChI is InChI=1S/C59H113NO4/c1-3-5-7-9-11-13-15-17-19-20-21-22-23-24-25-26-27-28-29-30-31-32-33-34-35-36-37-38-40-42-44-46-48-50-52-54-58(63)60-56(55-61)59(64)57(62)53-51-49-47-45-43-41-39-18-16-14-12-10-8-6-4-2/h23-24,26-27,45,47,56-57,59,61-62,64H,3-22,25,28-44,46,48-55H2,1-2H3,(H,60,63)/b24-23-,27-26-,47-45+. The van der Waals surface area contributed by atoms with Crippen LogP contribution in [-0.2, 0) is 4.79 Å². The van der Waals surface area contributed by atoms with Crippen LogP contribution in [0, 0.1) is 0 Å². The van der Waals surface area contributed by atoms with Crippen LogP contribution in [0.5, 0.6) is 0 Å². The van der Waals surface area contributed by atoms with Gasteiger partial charge in [-0.1, -0.05) is 269 Å². The zero-order valence-electron chi connectivity index (χ0n) is 43.2. The summed E-state index contributed by atoms with van der Waals surface area (Å²) in [7, 11) is 0. The van der Waals surface area contributed by atoms with E-state index in [-0.39, 0.29) is 12.5 Å². The summed E-state index contributed by atoms with van der Waals surface area (Å²) in [5.74, 6) is -0.151. The van der Waals surface area contributed by atoms with Crippen LogP contribution in [-0.4, -0.2) is 46.1 Å². The third-order valence-corrected chi connectivity index (χ3v) is 13.5. The fourth-order valence-corrected chi connectivity index (χ4v) is 9.02. The summed E-state index contributed by atoms with van der Waals surface area (Å²) in [4.78, 5) is 12.5. The molecule has 0 saturated carbocycles. The number of aliphatic hydroxyl groups excluding tert-OH is 3. The largest absolute Gasteiger partial charge is 0.394 e. The van der Waals surface area contributed by atoms with Crippen LogP contribution in [0.15, 0.2) is 36.5 Å². The Hall–Kier alpha value is -1.43. The van der Waals surface area contributed by atoms with Gasteiger partial charge in [-0.15, -0.1) is 0 Å². The lowest BCUT2D eigenvalue weighted by atomic mass is 10.0. The first-order valence-electron chi connectivity index (χ1n) is 28.8. The second-order valence-corrected chi connectivity index (χ2v) is 19.8. The highest BCUT2D eigenvalue weighted by Crippen LogP contribution is 2.17. The van der Waals surface area contributed by atoms with Gasteiger partial charge in [0, 0.05) is 6.42 Å². The summed E-state index contributed by atoms with van der Waals surface area (Å²) in [5.41, 5.74) is 0. The molecule has 0 aliphatic carbocycles. The molecular weight excluding hydrogens is 787 g/mol. The van der Waals surface area contributed by atoms with E-state index in [0.717, 1.165) is 44.9 Å². The lowest BCUT2D eigenvalue weighted by molar-refractivity contribution is -0.124. The van der Waals surface area contributed by atoms with Gasteiger partial charge in [0.25, 0.3) is 0 Å². The Morgan fingerprint density at radius 1 is 0.391 bits per heavy atom. The average Bonchev–Trinajstić information content (AvgIpc) is 3.30. The van der Waals surface area contributed by atoms with Gasteiger partial charge < -0.3 is 20.6 Å². The normalized spacial score (nSPS) is 13.5. The smallest absolute Gasteiger partial charge is 0.220 e. The van der Waals surface area contributed by atoms with Crippen molar-refractivity contribution in [3.63, 3.8) is 0 Å². The number of rotatable bonds is 53. The number of hydrogen-bond donors (Lipinski definition) is 4. The fourth-order valence-electron chi connectivity index (χ4n) is 9.02. The van der Waals surface area contributed by atoms with E-state index < -0.39 is 18.2 Å². The van der Waals surface area contributed by atoms with Gasteiger partial charge in [-0.2, -0.15) is 0 Å². The number of carbonyl (C=O) groups is 1. The van der Waals surface area contributed by atoms with E-state index in [1.165, 1.54) is 238 Å². The van der Waals surface area contributed by atoms with Crippen molar-refractivity contribution in [2.75, 3.05) is 6.61 Å². The molecule has 4 N–H and O–H groups in total. The number of allylic oxidation sites excluding steroid dienone is 6. The first kappa shape index (κ1) is 62.6. The third kappa shape index (κ3) is 48.5. The van der Waals surface area contributed by atoms with Crippen molar-refractivity contribution in [3.05, 3.63) is 36.5 Å². The van der Waals surface area contributed by atoms with E-state index >= 15 is 0 Å². The Labute approximate surface area is 400 Å². The predicted octanol–water partition coefficient (Wildman–Crippen LogP) is 17.8. The molecule has 5 nitrogen and oxygen atoms in total. The molecule has 0 spiro atoms. The van der Waals surface area contributed by atoms with E-state index in [1.54, 1.807) is 0 Å². The van der Waals surface area contributed by atoms with Gasteiger partial charge in [0.1, 0.15) is 6.10 Å². The number of carbonyl (C=O) groups excluding carboxylic acids is 1. The van der Waals surface area contributed by atoms with Gasteiger partial charge in [-0.05, 0) is 70.6 Å². The predicted molar refractivity (Wildman–Crippen MR) is 282 cm³/mol. The topological polar surface area (TPSA) is 89.8 Å². The third-order valence-electron chi connectivity index (χ3n) is 13.5. The van der Waals surface area contributed by atoms with Gasteiger partial charge in [-0.25, -0.2) is 0 Å². The first-order chi connectivity index (χ1) is 31.6. The van der Waals surface area contributed by atoms with E-state index in [1.807, 2.05) is 0 Å². The van der Waals surface area contributed by atoms with E-state index in [0.29, 0.717) is 12.8 Å². The molecule has 0 aromatic heterocycles. The van der Waals surface area contributed by atoms with Crippen molar-refractivity contribution >= 4 is 5.91 Å². The molecule has 0 radical (unpaired) electrons. The van der Waals surface area contributed by atoms with Crippen LogP contribution < -0.4 is 5.32 Å². The maximum Gasteiger partial charge on any atom is 0.220 e. The number of amides is 1. The molecular formula is C59H113NO4. The van der Waals surface area contributed by atoms with E-state index in [2.05, 4.69) is 55.6 Å². The first-order valence-corrected chi connectivity index (χ1v) is 28.8. The van der Waals surface area contributed by atoms with Crippen LogP contribution in [0.2, 0.25) is 0 Å². The Morgan fingerprint density at radius 2 is 0.672 bits per heavy atom. The molecule has 378 valence electrons. The summed E-state index contributed by atoms with van der Waals surface area (Å²) in [6.45, 7) is 4.19. The summed E-state index contributed by atoms with van der Waals surface area (Å²) in [5, 5.41) is 33.7. The molecule has 0 bridgehead atoms. The molecule has 0 aromatic carbocycles. The minimum Gasteiger partial charge on any atom is -0.394 e. The highest BCUT2D eigenvalue weighted by molar-refractivity contribution is 5.76. The maximum atomic E-state index is 12.5. The molecule has 0 rings (SSSR count). The van der Waals surface area contributed by atoms with Crippen molar-refractivity contribution in [2.24, 2.45) is 0 Å². The van der Waals surface area contributed by atoms with Gasteiger partial charge >= 0.3 is 0 Å². The maximum absolute atomic E-state index is 12.5. The lowest BCUT2D eigenvalue weighted by Gasteiger charge is -2.26. The van der Waals surface area contributed by atoms with E-state index in [9.17, 15) is 20.1 Å². The Balaban J connectivity index is 3.50. The molecule has 5 heteroatoms. The summed E-state index contributed by atoms with van der Waals surface area (Å²) in [6.07, 6.45) is 70.3. The van der Waals surface area contributed by atoms with Crippen molar-refractivity contribution < 1.29 is 20.1 Å². The number of hydrogen-bond acceptors (Lipinski definition) is 4. The van der Waals surface area contributed by atoms with Crippen LogP contribution in [0.4, 0.5) is 0 Å². The van der Waals surface area contributed by atoms with Gasteiger partial charge in [0.05, 0.1) is 18.8 Å². The molecule has 0 fully saturated rings. The van der Waals surface area contributed by atoms with Crippen molar-refractivity contribution in [2.45, 2.75) is 327 Å². The molecule has 0 aromatic rings. The second kappa shape index (κ2) is 54.2. The SMILES string of the molecule is CCCCCCCCCCCC/C=C/CCCC(O)C(O)C(CO)NC(=O)CCCCCCCCCCCCCCCCCCC/C=C\C/C=C\CCCCCCCCCCCCC. The number of aliphatic hydroxyl groups is 3. The van der Waals surface area contributed by atoms with E-state index in [4.69, 9.17) is 0 Å². The van der Waals surface area contributed by atoms with Crippen molar-refractivity contribution in [1.29, 1.82) is 0 Å². The molecule has 64 heavy (non-hydrogen) atoms. The van der Waals surface area contributed by atoms with Crippen LogP contribution in [0.25, 0.3) is 0 Å². The Kier molecular flexibility index (Phi) is 53.0. The van der Waals surface area contributed by atoms with Crippen LogP contribution in [0.1, 0.15) is 309 Å². The molecule has 0 heterocycles. The number of unbranched alkanes of at least 4 members (excludes halogenated alkanes) is 39. The zero-order valence-corrected chi connectivity index (χ0v) is 43.2. The number of nitrogens with one attached hydrogen (secondary N) is 1. The van der Waals surface area contributed by atoms with Crippen LogP contribution >= 0.6 is 0 Å². The fraction of sp³-hybridized carbons (Fsp3) is 0.881. The van der Waals surface area contributed by atoms with Crippen LogP contribution in [0.3, 0.4) is 0 Å². The van der Waals surface area contributed by atoms with Gasteiger partial charge in [0.15, 0.2) is 0 Å². The molecule has 0 aliphatic rings. The summed E-state index contributed by atoms with van der Waals surface area (Å²) >= 11 is 0. The minimum atomic E-state index is -1.16. The minimum absolute atomic E-state index is 0.151. The zero-order chi connectivity index (χ0) is 46.5. The van der Waals surface area contributed by atoms with Gasteiger partial charge in [-0.3, -0.25) is 4.79 Å². The Bertz CT molecular complexity index is 993. The summed E-state index contributed by atoms with van der Waals surface area (Å²) in [6, 6.07) is -0.825. The Morgan fingerprint density at radius 3 is 1.00 bits per heavy atom. The molecule has 3 atom stereocenters. The summed E-state index contributed by atoms with van der Waals surface area (Å²) < 4.78 is 0. The highest BCUT2D eigenvalue weighted by Gasteiger charge is 2.26. The van der Waals surface area contributed by atoms with Gasteiger partial charge in [0.2, 0.25) is 5.91 Å². The molecule has 0 aliphatic heterocycles.